The molecule has 1 fully saturated rings. The van der Waals surface area contributed by atoms with E-state index in [0.29, 0.717) is 12.6 Å². The van der Waals surface area contributed by atoms with Gasteiger partial charge in [-0.15, -0.1) is 11.3 Å². The van der Waals surface area contributed by atoms with Crippen molar-refractivity contribution in [3.8, 4) is 11.1 Å². The number of likely N-dealkylation sites (N-methyl/N-ethyl adjacent to an activating group) is 1. The number of hydrogen-bond acceptors (Lipinski definition) is 5. The van der Waals surface area contributed by atoms with Crippen molar-refractivity contribution < 1.29 is 14.3 Å². The van der Waals surface area contributed by atoms with E-state index < -0.39 is 5.97 Å². The fourth-order valence-electron chi connectivity index (χ4n) is 4.11. The molecule has 1 aliphatic rings. The van der Waals surface area contributed by atoms with Crippen LogP contribution in [0, 0.1) is 5.82 Å². The number of piperazine rings is 1. The van der Waals surface area contributed by atoms with Crippen molar-refractivity contribution in [1.82, 2.24) is 20.0 Å². The molecule has 2 N–H and O–H groups in total. The Hall–Kier alpha value is -3.07. The van der Waals surface area contributed by atoms with Crippen molar-refractivity contribution in [2.45, 2.75) is 19.5 Å². The molecule has 6 nitrogen and oxygen atoms in total. The molecule has 8 heteroatoms. The molecular formula is C25H27FN4O2S. The number of carboxylic acid groups (broad SMARTS) is 1. The number of halogens is 1. The average Bonchev–Trinajstić information content (AvgIpc) is 3.47. The van der Waals surface area contributed by atoms with Crippen LogP contribution in [0.15, 0.2) is 60.1 Å². The van der Waals surface area contributed by atoms with Crippen molar-refractivity contribution >= 4 is 28.2 Å². The van der Waals surface area contributed by atoms with Crippen LogP contribution in [-0.2, 0) is 11.3 Å². The quantitative estimate of drug-likeness (QED) is 0.442. The van der Waals surface area contributed by atoms with Gasteiger partial charge in [-0.1, -0.05) is 18.2 Å². The number of aromatic amines is 1. The lowest BCUT2D eigenvalue weighted by Crippen LogP contribution is -2.46. The Morgan fingerprint density at radius 2 is 1.97 bits per heavy atom. The summed E-state index contributed by atoms with van der Waals surface area (Å²) in [6.45, 7) is 4.60. The number of nitrogens with one attached hydrogen (secondary N) is 1. The molecule has 0 aliphatic carbocycles. The van der Waals surface area contributed by atoms with Gasteiger partial charge < -0.3 is 10.0 Å². The molecule has 172 valence electrons. The number of aromatic nitrogens is 2. The minimum Gasteiger partial charge on any atom is -0.481 e. The number of fused-ring (bicyclic) bond motifs is 1. The molecule has 5 rings (SSSR count). The Bertz CT molecular complexity index is 1220. The Morgan fingerprint density at radius 3 is 2.73 bits per heavy atom. The van der Waals surface area contributed by atoms with Gasteiger partial charge in [-0.05, 0) is 53.9 Å². The normalized spacial score (nSPS) is 17.0. The third-order valence-electron chi connectivity index (χ3n) is 5.76. The van der Waals surface area contributed by atoms with E-state index in [-0.39, 0.29) is 5.82 Å². The first-order chi connectivity index (χ1) is 15.9. The van der Waals surface area contributed by atoms with Crippen LogP contribution in [0.3, 0.4) is 0 Å². The third kappa shape index (κ3) is 5.65. The molecule has 2 aromatic heterocycles. The standard InChI is InChI=1S/C23H23FN4S.C2H4O2/c1-27-8-9-28(22(15-27)23-3-2-10-29-23)14-19-12-16(4-6-20(19)24)17-5-7-21-18(11-17)13-25-26-21;1-2(3)4/h2-7,10-13,22H,8-9,14-15H2,1H3,(H,25,26);1H3,(H,3,4)/t22-;/m1./s1. The van der Waals surface area contributed by atoms with E-state index in [0.717, 1.165) is 54.2 Å². The lowest BCUT2D eigenvalue weighted by molar-refractivity contribution is -0.134. The maximum atomic E-state index is 14.7. The van der Waals surface area contributed by atoms with Gasteiger partial charge in [0.2, 0.25) is 0 Å². The maximum absolute atomic E-state index is 14.7. The van der Waals surface area contributed by atoms with E-state index in [1.165, 1.54) is 4.88 Å². The molecule has 1 aliphatic heterocycles. The van der Waals surface area contributed by atoms with Crippen LogP contribution in [0.2, 0.25) is 0 Å². The Labute approximate surface area is 196 Å². The van der Waals surface area contributed by atoms with Crippen LogP contribution >= 0.6 is 11.3 Å². The fourth-order valence-corrected chi connectivity index (χ4v) is 4.97. The van der Waals surface area contributed by atoms with Crippen molar-refractivity contribution in [2.24, 2.45) is 0 Å². The molecule has 0 amide bonds. The predicted octanol–water partition coefficient (Wildman–Crippen LogP) is 5.01. The highest BCUT2D eigenvalue weighted by Gasteiger charge is 2.28. The van der Waals surface area contributed by atoms with E-state index in [1.54, 1.807) is 17.4 Å². The summed E-state index contributed by atoms with van der Waals surface area (Å²) >= 11 is 1.78. The summed E-state index contributed by atoms with van der Waals surface area (Å²) in [6.07, 6.45) is 1.82. The number of nitrogens with zero attached hydrogens (tertiary/aromatic N) is 3. The van der Waals surface area contributed by atoms with Crippen LogP contribution in [0.25, 0.3) is 22.0 Å². The zero-order valence-corrected chi connectivity index (χ0v) is 19.5. The zero-order chi connectivity index (χ0) is 23.4. The van der Waals surface area contributed by atoms with Gasteiger partial charge in [-0.3, -0.25) is 14.8 Å². The molecule has 0 spiro atoms. The minimum atomic E-state index is -0.833. The topological polar surface area (TPSA) is 72.5 Å². The van der Waals surface area contributed by atoms with E-state index in [4.69, 9.17) is 9.90 Å². The van der Waals surface area contributed by atoms with Gasteiger partial charge in [-0.25, -0.2) is 4.39 Å². The summed E-state index contributed by atoms with van der Waals surface area (Å²) in [5.41, 5.74) is 3.87. The van der Waals surface area contributed by atoms with Crippen LogP contribution in [0.1, 0.15) is 23.4 Å². The van der Waals surface area contributed by atoms with Crippen molar-refractivity contribution in [1.29, 1.82) is 0 Å². The minimum absolute atomic E-state index is 0.137. The van der Waals surface area contributed by atoms with Crippen LogP contribution in [0.5, 0.6) is 0 Å². The van der Waals surface area contributed by atoms with Crippen molar-refractivity contribution in [3.05, 3.63) is 76.4 Å². The lowest BCUT2D eigenvalue weighted by Gasteiger charge is -2.39. The summed E-state index contributed by atoms with van der Waals surface area (Å²) < 4.78 is 14.7. The lowest BCUT2D eigenvalue weighted by atomic mass is 10.0. The molecule has 3 heterocycles. The van der Waals surface area contributed by atoms with Crippen LogP contribution < -0.4 is 0 Å². The number of hydrogen-bond donors (Lipinski definition) is 2. The number of thiophene rings is 1. The highest BCUT2D eigenvalue weighted by molar-refractivity contribution is 7.10. The molecule has 2 aromatic carbocycles. The van der Waals surface area contributed by atoms with Gasteiger partial charge in [-0.2, -0.15) is 5.10 Å². The number of aliphatic carboxylic acids is 1. The number of benzene rings is 2. The first-order valence-electron chi connectivity index (χ1n) is 10.8. The number of rotatable bonds is 4. The molecular weight excluding hydrogens is 439 g/mol. The summed E-state index contributed by atoms with van der Waals surface area (Å²) in [5, 5.41) is 17.7. The average molecular weight is 467 g/mol. The molecule has 1 saturated heterocycles. The second-order valence-corrected chi connectivity index (χ2v) is 9.24. The fraction of sp³-hybridized carbons (Fsp3) is 0.280. The van der Waals surface area contributed by atoms with Crippen LogP contribution in [-0.4, -0.2) is 57.8 Å². The molecule has 1 atom stereocenters. The monoisotopic (exact) mass is 466 g/mol. The summed E-state index contributed by atoms with van der Waals surface area (Å²) in [4.78, 5) is 15.1. The highest BCUT2D eigenvalue weighted by atomic mass is 32.1. The Kier molecular flexibility index (Phi) is 7.17. The summed E-state index contributed by atoms with van der Waals surface area (Å²) in [5.74, 6) is -0.970. The van der Waals surface area contributed by atoms with Gasteiger partial charge >= 0.3 is 0 Å². The highest BCUT2D eigenvalue weighted by Crippen LogP contribution is 2.31. The summed E-state index contributed by atoms with van der Waals surface area (Å²) in [7, 11) is 2.16. The Balaban J connectivity index is 0.000000601. The molecule has 33 heavy (non-hydrogen) atoms. The Morgan fingerprint density at radius 1 is 1.21 bits per heavy atom. The SMILES string of the molecule is CC(=O)O.CN1CCN(Cc2cc(-c3ccc4[nH]ncc4c3)ccc2F)[C@@H](c2cccs2)C1. The third-order valence-corrected chi connectivity index (χ3v) is 6.73. The van der Waals surface area contributed by atoms with Gasteiger partial charge in [0.05, 0.1) is 17.8 Å². The first kappa shape index (κ1) is 23.1. The van der Waals surface area contributed by atoms with Crippen LogP contribution in [0.4, 0.5) is 4.39 Å². The second kappa shape index (κ2) is 10.2. The van der Waals surface area contributed by atoms with E-state index in [9.17, 15) is 4.39 Å². The van der Waals surface area contributed by atoms with E-state index >= 15 is 0 Å². The van der Waals surface area contributed by atoms with Crippen molar-refractivity contribution in [2.75, 3.05) is 26.7 Å². The van der Waals surface area contributed by atoms with E-state index in [2.05, 4.69) is 56.7 Å². The molecule has 0 unspecified atom stereocenters. The maximum Gasteiger partial charge on any atom is 0.300 e. The molecule has 0 radical (unpaired) electrons. The first-order valence-corrected chi connectivity index (χ1v) is 11.7. The smallest absolute Gasteiger partial charge is 0.300 e. The number of carbonyl (C=O) groups is 1. The number of H-pyrrole nitrogens is 1. The molecule has 0 saturated carbocycles. The summed E-state index contributed by atoms with van der Waals surface area (Å²) in [6, 6.07) is 16.2. The zero-order valence-electron chi connectivity index (χ0n) is 18.7. The van der Waals surface area contributed by atoms with Gasteiger partial charge in [0.25, 0.3) is 5.97 Å². The van der Waals surface area contributed by atoms with Gasteiger partial charge in [0, 0.05) is 48.9 Å². The number of carboxylic acids is 1. The van der Waals surface area contributed by atoms with E-state index in [1.807, 2.05) is 24.4 Å². The molecule has 0 bridgehead atoms. The predicted molar refractivity (Wildman–Crippen MR) is 130 cm³/mol. The van der Waals surface area contributed by atoms with Gasteiger partial charge in [0.15, 0.2) is 0 Å². The van der Waals surface area contributed by atoms with Crippen molar-refractivity contribution in [3.63, 3.8) is 0 Å². The second-order valence-electron chi connectivity index (χ2n) is 8.26. The van der Waals surface area contributed by atoms with Gasteiger partial charge in [0.1, 0.15) is 5.82 Å². The molecule has 4 aromatic rings. The largest absolute Gasteiger partial charge is 0.481 e.